The first-order valence-electron chi connectivity index (χ1n) is 7.89. The van der Waals surface area contributed by atoms with Crippen LogP contribution in [0.25, 0.3) is 0 Å². The molecule has 0 aromatic heterocycles. The predicted octanol–water partition coefficient (Wildman–Crippen LogP) is 3.70. The summed E-state index contributed by atoms with van der Waals surface area (Å²) in [7, 11) is 0. The minimum Gasteiger partial charge on any atom is -0.338 e. The average molecular weight is 329 g/mol. The maximum Gasteiger partial charge on any atom is 0.416 e. The summed E-state index contributed by atoms with van der Waals surface area (Å²) in [5, 5.41) is 5.24. The van der Waals surface area contributed by atoms with E-state index in [4.69, 9.17) is 0 Å². The molecule has 23 heavy (non-hydrogen) atoms. The Kier molecular flexibility index (Phi) is 6.27. The Morgan fingerprint density at radius 3 is 2.35 bits per heavy atom. The Balaban J connectivity index is 1.62. The van der Waals surface area contributed by atoms with E-state index in [2.05, 4.69) is 15.5 Å². The molecular formula is C16H22F3N3O. The molecule has 1 fully saturated rings. The quantitative estimate of drug-likeness (QED) is 0.782. The number of urea groups is 1. The minimum absolute atomic E-state index is 0.340. The Morgan fingerprint density at radius 1 is 1.09 bits per heavy atom. The lowest BCUT2D eigenvalue weighted by Gasteiger charge is -2.14. The van der Waals surface area contributed by atoms with Crippen LogP contribution in [0.3, 0.4) is 0 Å². The summed E-state index contributed by atoms with van der Waals surface area (Å²) in [6.07, 6.45) is 0.0925. The third-order valence-electron chi connectivity index (χ3n) is 3.86. The first-order chi connectivity index (χ1) is 10.9. The van der Waals surface area contributed by atoms with Crippen LogP contribution in [0, 0.1) is 0 Å². The highest BCUT2D eigenvalue weighted by Gasteiger charge is 2.29. The van der Waals surface area contributed by atoms with Crippen LogP contribution in [0.5, 0.6) is 0 Å². The van der Waals surface area contributed by atoms with Gasteiger partial charge in [0.05, 0.1) is 5.56 Å². The van der Waals surface area contributed by atoms with Gasteiger partial charge in [-0.15, -0.1) is 0 Å². The largest absolute Gasteiger partial charge is 0.416 e. The number of hydrogen-bond acceptors (Lipinski definition) is 2. The van der Waals surface area contributed by atoms with Crippen molar-refractivity contribution in [3.63, 3.8) is 0 Å². The highest BCUT2D eigenvalue weighted by molar-refractivity contribution is 5.89. The molecule has 0 atom stereocenters. The van der Waals surface area contributed by atoms with E-state index in [1.54, 1.807) is 0 Å². The van der Waals surface area contributed by atoms with Crippen molar-refractivity contribution in [2.75, 3.05) is 31.5 Å². The molecule has 7 heteroatoms. The highest BCUT2D eigenvalue weighted by atomic mass is 19.4. The molecule has 1 aliphatic rings. The number of amides is 2. The number of hydrogen-bond donors (Lipinski definition) is 2. The molecule has 0 aliphatic carbocycles. The molecule has 1 aromatic rings. The number of nitrogens with one attached hydrogen (secondary N) is 2. The fourth-order valence-electron chi connectivity index (χ4n) is 2.59. The van der Waals surface area contributed by atoms with Crippen molar-refractivity contribution in [3.8, 4) is 0 Å². The summed E-state index contributed by atoms with van der Waals surface area (Å²) < 4.78 is 37.3. The van der Waals surface area contributed by atoms with Crippen LogP contribution in [-0.2, 0) is 6.18 Å². The SMILES string of the molecule is O=C(NCCCCN1CCCC1)Nc1ccc(C(F)(F)F)cc1. The van der Waals surface area contributed by atoms with Gasteiger partial charge in [0.2, 0.25) is 0 Å². The Hall–Kier alpha value is -1.76. The molecule has 0 spiro atoms. The van der Waals surface area contributed by atoms with Gasteiger partial charge in [-0.3, -0.25) is 0 Å². The van der Waals surface area contributed by atoms with Crippen molar-refractivity contribution >= 4 is 11.7 Å². The van der Waals surface area contributed by atoms with Crippen molar-refractivity contribution in [3.05, 3.63) is 29.8 Å². The lowest BCUT2D eigenvalue weighted by atomic mass is 10.2. The number of carbonyl (C=O) groups excluding carboxylic acids is 1. The second kappa shape index (κ2) is 8.19. The predicted molar refractivity (Wildman–Crippen MR) is 83.4 cm³/mol. The minimum atomic E-state index is -4.36. The van der Waals surface area contributed by atoms with Gasteiger partial charge >= 0.3 is 12.2 Å². The van der Waals surface area contributed by atoms with Crippen molar-refractivity contribution in [1.82, 2.24) is 10.2 Å². The number of unbranched alkanes of at least 4 members (excludes halogenated alkanes) is 1. The highest BCUT2D eigenvalue weighted by Crippen LogP contribution is 2.29. The number of likely N-dealkylation sites (tertiary alicyclic amines) is 1. The van der Waals surface area contributed by atoms with Crippen LogP contribution in [0.2, 0.25) is 0 Å². The number of rotatable bonds is 6. The van der Waals surface area contributed by atoms with E-state index in [0.717, 1.165) is 31.5 Å². The first-order valence-corrected chi connectivity index (χ1v) is 7.89. The lowest BCUT2D eigenvalue weighted by Crippen LogP contribution is -2.30. The zero-order valence-electron chi connectivity index (χ0n) is 13.0. The molecule has 0 radical (unpaired) electrons. The molecule has 2 rings (SSSR count). The van der Waals surface area contributed by atoms with Gasteiger partial charge in [0.25, 0.3) is 0 Å². The molecule has 1 aromatic carbocycles. The molecule has 2 amide bonds. The van der Waals surface area contributed by atoms with Crippen LogP contribution >= 0.6 is 0 Å². The summed E-state index contributed by atoms with van der Waals surface area (Å²) in [6.45, 7) is 3.95. The Morgan fingerprint density at radius 2 is 1.74 bits per heavy atom. The zero-order valence-corrected chi connectivity index (χ0v) is 13.0. The van der Waals surface area contributed by atoms with E-state index in [-0.39, 0.29) is 0 Å². The summed E-state index contributed by atoms with van der Waals surface area (Å²) in [5.74, 6) is 0. The van der Waals surface area contributed by atoms with E-state index >= 15 is 0 Å². The summed E-state index contributed by atoms with van der Waals surface area (Å²) in [4.78, 5) is 14.1. The van der Waals surface area contributed by atoms with E-state index in [9.17, 15) is 18.0 Å². The summed E-state index contributed by atoms with van der Waals surface area (Å²) in [6, 6.07) is 3.99. The molecule has 128 valence electrons. The standard InChI is InChI=1S/C16H22F3N3O/c17-16(18,19)13-5-7-14(8-6-13)21-15(23)20-9-1-2-10-22-11-3-4-12-22/h5-8H,1-4,9-12H2,(H2,20,21,23). The van der Waals surface area contributed by atoms with Crippen LogP contribution < -0.4 is 10.6 Å². The third-order valence-corrected chi connectivity index (χ3v) is 3.86. The maximum atomic E-state index is 12.4. The molecule has 0 bridgehead atoms. The molecule has 1 saturated heterocycles. The zero-order chi connectivity index (χ0) is 16.7. The van der Waals surface area contributed by atoms with E-state index in [1.807, 2.05) is 0 Å². The average Bonchev–Trinajstić information content (AvgIpc) is 3.00. The first kappa shape index (κ1) is 17.6. The smallest absolute Gasteiger partial charge is 0.338 e. The van der Waals surface area contributed by atoms with Crippen LogP contribution in [0.15, 0.2) is 24.3 Å². The topological polar surface area (TPSA) is 44.4 Å². The number of nitrogens with zero attached hydrogens (tertiary/aromatic N) is 1. The molecule has 4 nitrogen and oxygen atoms in total. The summed E-state index contributed by atoms with van der Waals surface area (Å²) in [5.41, 5.74) is -0.391. The van der Waals surface area contributed by atoms with Gasteiger partial charge in [0.1, 0.15) is 0 Å². The van der Waals surface area contributed by atoms with Crippen LogP contribution in [-0.4, -0.2) is 37.1 Å². The van der Waals surface area contributed by atoms with Gasteiger partial charge < -0.3 is 15.5 Å². The molecule has 1 aliphatic heterocycles. The van der Waals surface area contributed by atoms with E-state index in [0.29, 0.717) is 12.2 Å². The van der Waals surface area contributed by atoms with Gasteiger partial charge in [-0.1, -0.05) is 0 Å². The Labute approximate surface area is 134 Å². The fourth-order valence-corrected chi connectivity index (χ4v) is 2.59. The Bertz CT molecular complexity index is 496. The van der Waals surface area contributed by atoms with E-state index in [1.165, 1.54) is 38.1 Å². The molecular weight excluding hydrogens is 307 g/mol. The van der Waals surface area contributed by atoms with Crippen molar-refractivity contribution in [1.29, 1.82) is 0 Å². The summed E-state index contributed by atoms with van der Waals surface area (Å²) >= 11 is 0. The normalized spacial score (nSPS) is 15.6. The van der Waals surface area contributed by atoms with Crippen molar-refractivity contribution < 1.29 is 18.0 Å². The molecule has 2 N–H and O–H groups in total. The van der Waals surface area contributed by atoms with Crippen molar-refractivity contribution in [2.45, 2.75) is 31.9 Å². The van der Waals surface area contributed by atoms with E-state index < -0.39 is 17.8 Å². The molecule has 1 heterocycles. The monoisotopic (exact) mass is 329 g/mol. The number of alkyl halides is 3. The number of anilines is 1. The second-order valence-corrected chi connectivity index (χ2v) is 5.71. The molecule has 0 saturated carbocycles. The number of benzene rings is 1. The van der Waals surface area contributed by atoms with Gasteiger partial charge in [-0.2, -0.15) is 13.2 Å². The fraction of sp³-hybridized carbons (Fsp3) is 0.562. The van der Waals surface area contributed by atoms with Crippen LogP contribution in [0.4, 0.5) is 23.7 Å². The van der Waals surface area contributed by atoms with Gasteiger partial charge in [0, 0.05) is 12.2 Å². The second-order valence-electron chi connectivity index (χ2n) is 5.71. The number of halogens is 3. The van der Waals surface area contributed by atoms with Gasteiger partial charge in [-0.25, -0.2) is 4.79 Å². The van der Waals surface area contributed by atoms with Gasteiger partial charge in [0.15, 0.2) is 0 Å². The van der Waals surface area contributed by atoms with Crippen molar-refractivity contribution in [2.24, 2.45) is 0 Å². The third kappa shape index (κ3) is 6.09. The van der Waals surface area contributed by atoms with Crippen LogP contribution in [0.1, 0.15) is 31.2 Å². The molecule has 0 unspecified atom stereocenters. The maximum absolute atomic E-state index is 12.4. The lowest BCUT2D eigenvalue weighted by molar-refractivity contribution is -0.137. The number of carbonyl (C=O) groups is 1. The van der Waals surface area contributed by atoms with Gasteiger partial charge in [-0.05, 0) is 69.6 Å².